The highest BCUT2D eigenvalue weighted by Gasteiger charge is 2.26. The lowest BCUT2D eigenvalue weighted by Crippen LogP contribution is -2.41. The second-order valence-electron chi connectivity index (χ2n) is 7.63. The zero-order chi connectivity index (χ0) is 23.1. The summed E-state index contributed by atoms with van der Waals surface area (Å²) in [5, 5.41) is 0. The molecule has 2 heterocycles. The van der Waals surface area contributed by atoms with Crippen molar-refractivity contribution in [2.75, 3.05) is 26.2 Å². The minimum absolute atomic E-state index is 0.0606. The first-order chi connectivity index (χ1) is 15.3. The van der Waals surface area contributed by atoms with E-state index in [9.17, 15) is 18.0 Å². The van der Waals surface area contributed by atoms with Gasteiger partial charge in [-0.3, -0.25) is 25.3 Å². The molecule has 0 aliphatic carbocycles. The van der Waals surface area contributed by atoms with Gasteiger partial charge in [-0.15, -0.1) is 0 Å². The van der Waals surface area contributed by atoms with Crippen molar-refractivity contribution in [3.8, 4) is 0 Å². The van der Waals surface area contributed by atoms with Crippen LogP contribution in [0.1, 0.15) is 59.8 Å². The summed E-state index contributed by atoms with van der Waals surface area (Å²) in [6.45, 7) is 7.36. The van der Waals surface area contributed by atoms with Gasteiger partial charge in [-0.1, -0.05) is 26.3 Å². The highest BCUT2D eigenvalue weighted by atomic mass is 32.2. The van der Waals surface area contributed by atoms with Crippen LogP contribution in [-0.2, 0) is 16.6 Å². The fraction of sp³-hybridized carbons (Fsp3) is 0.455. The van der Waals surface area contributed by atoms with Crippen LogP contribution in [0.2, 0.25) is 0 Å². The van der Waals surface area contributed by atoms with Crippen LogP contribution in [0.4, 0.5) is 0 Å². The molecule has 0 radical (unpaired) electrons. The van der Waals surface area contributed by atoms with Crippen LogP contribution in [0.15, 0.2) is 45.7 Å². The molecule has 2 amide bonds. The van der Waals surface area contributed by atoms with Crippen molar-refractivity contribution in [3.05, 3.63) is 53.5 Å². The van der Waals surface area contributed by atoms with E-state index in [1.807, 2.05) is 13.8 Å². The predicted molar refractivity (Wildman–Crippen MR) is 119 cm³/mol. The van der Waals surface area contributed by atoms with Gasteiger partial charge in [-0.25, -0.2) is 8.42 Å². The number of hydrogen-bond acceptors (Lipinski definition) is 6. The maximum absolute atomic E-state index is 12.8. The van der Waals surface area contributed by atoms with Gasteiger partial charge in [-0.05, 0) is 56.3 Å². The van der Waals surface area contributed by atoms with Crippen LogP contribution in [0.25, 0.3) is 0 Å². The van der Waals surface area contributed by atoms with E-state index in [-0.39, 0.29) is 16.2 Å². The molecule has 32 heavy (non-hydrogen) atoms. The number of piperidine rings is 1. The molecule has 1 saturated heterocycles. The minimum Gasteiger partial charge on any atom is -0.454 e. The van der Waals surface area contributed by atoms with Gasteiger partial charge in [0.2, 0.25) is 10.0 Å². The molecular weight excluding hydrogens is 432 g/mol. The maximum Gasteiger partial charge on any atom is 0.305 e. The number of carbonyl (C=O) groups is 2. The Morgan fingerprint density at radius 2 is 1.69 bits per heavy atom. The molecule has 1 aliphatic rings. The third-order valence-electron chi connectivity index (χ3n) is 5.50. The lowest BCUT2D eigenvalue weighted by molar-refractivity contribution is 0.0828. The molecule has 1 aromatic heterocycles. The number of furan rings is 1. The van der Waals surface area contributed by atoms with E-state index in [0.29, 0.717) is 25.4 Å². The van der Waals surface area contributed by atoms with Gasteiger partial charge in [0.05, 0.1) is 11.4 Å². The molecule has 1 aliphatic heterocycles. The minimum atomic E-state index is -3.66. The smallest absolute Gasteiger partial charge is 0.305 e. The van der Waals surface area contributed by atoms with Crippen molar-refractivity contribution < 1.29 is 22.4 Å². The summed E-state index contributed by atoms with van der Waals surface area (Å²) in [5.41, 5.74) is 4.75. The molecule has 10 heteroatoms. The summed E-state index contributed by atoms with van der Waals surface area (Å²) in [7, 11) is -3.66. The summed E-state index contributed by atoms with van der Waals surface area (Å²) >= 11 is 0. The highest BCUT2D eigenvalue weighted by molar-refractivity contribution is 7.89. The fourth-order valence-corrected chi connectivity index (χ4v) is 5.12. The number of benzene rings is 1. The number of nitrogens with one attached hydrogen (secondary N) is 2. The van der Waals surface area contributed by atoms with Crippen molar-refractivity contribution in [1.29, 1.82) is 0 Å². The third kappa shape index (κ3) is 5.76. The third-order valence-corrected chi connectivity index (χ3v) is 7.39. The van der Waals surface area contributed by atoms with E-state index in [1.54, 1.807) is 12.1 Å². The van der Waals surface area contributed by atoms with Crippen LogP contribution in [0, 0.1) is 0 Å². The van der Waals surface area contributed by atoms with E-state index in [2.05, 4.69) is 15.8 Å². The molecule has 1 aromatic carbocycles. The van der Waals surface area contributed by atoms with Crippen LogP contribution in [0.3, 0.4) is 0 Å². The molecule has 2 N–H and O–H groups in total. The fourth-order valence-electron chi connectivity index (χ4n) is 3.55. The zero-order valence-corrected chi connectivity index (χ0v) is 19.3. The molecular formula is C22H30N4O5S. The number of rotatable bonds is 8. The first kappa shape index (κ1) is 24.0. The standard InChI is InChI=1S/C22H30N4O5S/c1-3-25(4-2)16-18-11-12-20(31-18)22(28)24-23-21(27)17-9-8-10-19(15-17)32(29,30)26-13-6-5-7-14-26/h8-12,15H,3-7,13-14,16H2,1-2H3,(H,23,27)(H,24,28). The van der Waals surface area contributed by atoms with E-state index in [4.69, 9.17) is 4.42 Å². The molecule has 0 atom stereocenters. The second-order valence-corrected chi connectivity index (χ2v) is 9.57. The number of hydrogen-bond donors (Lipinski definition) is 2. The van der Waals surface area contributed by atoms with Crippen LogP contribution >= 0.6 is 0 Å². The Morgan fingerprint density at radius 3 is 2.38 bits per heavy atom. The summed E-state index contributed by atoms with van der Waals surface area (Å²) in [6.07, 6.45) is 2.67. The van der Waals surface area contributed by atoms with Crippen molar-refractivity contribution in [1.82, 2.24) is 20.1 Å². The topological polar surface area (TPSA) is 112 Å². The van der Waals surface area contributed by atoms with Crippen LogP contribution in [-0.4, -0.2) is 55.6 Å². The molecule has 0 unspecified atom stereocenters. The average molecular weight is 463 g/mol. The number of sulfonamides is 1. The van der Waals surface area contributed by atoms with Gasteiger partial charge in [0, 0.05) is 18.7 Å². The van der Waals surface area contributed by atoms with Gasteiger partial charge >= 0.3 is 5.91 Å². The van der Waals surface area contributed by atoms with Crippen molar-refractivity contribution >= 4 is 21.8 Å². The predicted octanol–water partition coefficient (Wildman–Crippen LogP) is 2.37. The first-order valence-electron chi connectivity index (χ1n) is 10.9. The van der Waals surface area contributed by atoms with E-state index in [1.165, 1.54) is 28.6 Å². The number of carbonyl (C=O) groups excluding carboxylic acids is 2. The summed E-state index contributed by atoms with van der Waals surface area (Å²) < 4.78 is 32.7. The second kappa shape index (κ2) is 10.8. The quantitative estimate of drug-likeness (QED) is 0.583. The van der Waals surface area contributed by atoms with Crippen molar-refractivity contribution in [3.63, 3.8) is 0 Å². The number of amides is 2. The van der Waals surface area contributed by atoms with Gasteiger partial charge in [-0.2, -0.15) is 4.31 Å². The van der Waals surface area contributed by atoms with Gasteiger partial charge < -0.3 is 4.42 Å². The Morgan fingerprint density at radius 1 is 1.00 bits per heavy atom. The molecule has 9 nitrogen and oxygen atoms in total. The molecule has 3 rings (SSSR count). The average Bonchev–Trinajstić information content (AvgIpc) is 3.30. The number of hydrazine groups is 1. The highest BCUT2D eigenvalue weighted by Crippen LogP contribution is 2.21. The van der Waals surface area contributed by atoms with Crippen molar-refractivity contribution in [2.45, 2.75) is 44.6 Å². The number of nitrogens with zero attached hydrogens (tertiary/aromatic N) is 2. The SMILES string of the molecule is CCN(CC)Cc1ccc(C(=O)NNC(=O)c2cccc(S(=O)(=O)N3CCCCC3)c2)o1. The zero-order valence-electron chi connectivity index (χ0n) is 18.5. The molecule has 0 spiro atoms. The Labute approximate surface area is 188 Å². The maximum atomic E-state index is 12.8. The molecule has 0 saturated carbocycles. The van der Waals surface area contributed by atoms with E-state index in [0.717, 1.165) is 32.4 Å². The monoisotopic (exact) mass is 462 g/mol. The Hall–Kier alpha value is -2.69. The van der Waals surface area contributed by atoms with Gasteiger partial charge in [0.25, 0.3) is 5.91 Å². The Kier molecular flexibility index (Phi) is 8.05. The molecule has 174 valence electrons. The molecule has 1 fully saturated rings. The Bertz CT molecular complexity index is 1040. The summed E-state index contributed by atoms with van der Waals surface area (Å²) in [5.74, 6) is -0.486. The van der Waals surface area contributed by atoms with Crippen LogP contribution < -0.4 is 10.9 Å². The summed E-state index contributed by atoms with van der Waals surface area (Å²) in [6, 6.07) is 9.07. The van der Waals surface area contributed by atoms with Crippen molar-refractivity contribution in [2.24, 2.45) is 0 Å². The summed E-state index contributed by atoms with van der Waals surface area (Å²) in [4.78, 5) is 27.0. The first-order valence-corrected chi connectivity index (χ1v) is 12.3. The van der Waals surface area contributed by atoms with Gasteiger partial charge in [0.15, 0.2) is 5.76 Å². The Balaban J connectivity index is 1.61. The van der Waals surface area contributed by atoms with Gasteiger partial charge in [0.1, 0.15) is 5.76 Å². The lowest BCUT2D eigenvalue weighted by atomic mass is 10.2. The largest absolute Gasteiger partial charge is 0.454 e. The normalized spacial score (nSPS) is 15.0. The van der Waals surface area contributed by atoms with E-state index >= 15 is 0 Å². The van der Waals surface area contributed by atoms with Crippen LogP contribution in [0.5, 0.6) is 0 Å². The molecule has 0 bridgehead atoms. The van der Waals surface area contributed by atoms with E-state index < -0.39 is 21.8 Å². The lowest BCUT2D eigenvalue weighted by Gasteiger charge is -2.26. The molecule has 2 aromatic rings.